The molecule has 0 aliphatic heterocycles. The van der Waals surface area contributed by atoms with Crippen LogP contribution in [0.2, 0.25) is 0 Å². The molecule has 0 rings (SSSR count). The number of aliphatic hydroxyl groups is 1. The summed E-state index contributed by atoms with van der Waals surface area (Å²) >= 11 is 0. The van der Waals surface area contributed by atoms with E-state index in [0.29, 0.717) is 6.42 Å². The highest BCUT2D eigenvalue weighted by Crippen LogP contribution is 2.14. The molecule has 0 aromatic heterocycles. The topological polar surface area (TPSA) is 49.8 Å². The van der Waals surface area contributed by atoms with E-state index >= 15 is 0 Å². The highest BCUT2D eigenvalue weighted by molar-refractivity contribution is 5.81. The average molecular weight is 173 g/mol. The van der Waals surface area contributed by atoms with Crippen molar-refractivity contribution in [3.05, 3.63) is 12.7 Å². The molecule has 12 heavy (non-hydrogen) atoms. The molecule has 4 nitrogen and oxygen atoms in total. The lowest BCUT2D eigenvalue weighted by atomic mass is 10.3. The van der Waals surface area contributed by atoms with Crippen molar-refractivity contribution in [2.75, 3.05) is 14.1 Å². The number of esters is 1. The van der Waals surface area contributed by atoms with Crippen LogP contribution in [0.25, 0.3) is 0 Å². The maximum Gasteiger partial charge on any atom is 0.333 e. The summed E-state index contributed by atoms with van der Waals surface area (Å²) in [4.78, 5) is 12.2. The molecule has 0 bridgehead atoms. The van der Waals surface area contributed by atoms with Crippen LogP contribution < -0.4 is 0 Å². The van der Waals surface area contributed by atoms with Crippen LogP contribution in [0.1, 0.15) is 13.3 Å². The zero-order valence-corrected chi connectivity index (χ0v) is 7.70. The molecule has 0 radical (unpaired) electrons. The standard InChI is InChI=1S/C8H15NO3/c1-5-7(10)12-8(11,6-2)9(3)4/h5,11H,1,6H2,2-4H3. The van der Waals surface area contributed by atoms with Crippen molar-refractivity contribution in [3.63, 3.8) is 0 Å². The Morgan fingerprint density at radius 3 is 2.50 bits per heavy atom. The second-order valence-corrected chi connectivity index (χ2v) is 2.62. The lowest BCUT2D eigenvalue weighted by molar-refractivity contribution is -0.264. The Morgan fingerprint density at radius 2 is 2.25 bits per heavy atom. The number of hydrogen-bond donors (Lipinski definition) is 1. The number of carbonyl (C=O) groups excluding carboxylic acids is 1. The van der Waals surface area contributed by atoms with Crippen molar-refractivity contribution in [1.82, 2.24) is 4.90 Å². The molecular formula is C8H15NO3. The van der Waals surface area contributed by atoms with Crippen LogP contribution in [0.3, 0.4) is 0 Å². The monoisotopic (exact) mass is 173 g/mol. The zero-order chi connectivity index (χ0) is 9.78. The summed E-state index contributed by atoms with van der Waals surface area (Å²) in [6.07, 6.45) is 1.32. The molecule has 0 fully saturated rings. The maximum atomic E-state index is 10.8. The number of nitrogens with zero attached hydrogens (tertiary/aromatic N) is 1. The van der Waals surface area contributed by atoms with Gasteiger partial charge in [-0.3, -0.25) is 0 Å². The number of rotatable bonds is 4. The van der Waals surface area contributed by atoms with E-state index in [9.17, 15) is 9.90 Å². The molecule has 0 aliphatic carbocycles. The van der Waals surface area contributed by atoms with Gasteiger partial charge in [-0.05, 0) is 14.1 Å². The minimum atomic E-state index is -1.52. The van der Waals surface area contributed by atoms with Crippen LogP contribution >= 0.6 is 0 Å². The van der Waals surface area contributed by atoms with Crippen molar-refractivity contribution >= 4 is 5.97 Å². The number of hydrogen-bond acceptors (Lipinski definition) is 4. The van der Waals surface area contributed by atoms with Gasteiger partial charge in [0.1, 0.15) is 0 Å². The van der Waals surface area contributed by atoms with Crippen LogP contribution in [0.4, 0.5) is 0 Å². The van der Waals surface area contributed by atoms with Crippen molar-refractivity contribution in [2.24, 2.45) is 0 Å². The summed E-state index contributed by atoms with van der Waals surface area (Å²) < 4.78 is 4.72. The molecule has 1 atom stereocenters. The molecule has 1 unspecified atom stereocenters. The summed E-state index contributed by atoms with van der Waals surface area (Å²) in [5, 5.41) is 9.63. The highest BCUT2D eigenvalue weighted by atomic mass is 16.7. The largest absolute Gasteiger partial charge is 0.416 e. The quantitative estimate of drug-likeness (QED) is 0.378. The number of carbonyl (C=O) groups is 1. The third-order valence-corrected chi connectivity index (χ3v) is 1.59. The van der Waals surface area contributed by atoms with E-state index in [2.05, 4.69) is 6.58 Å². The average Bonchev–Trinajstić information content (AvgIpc) is 2.03. The van der Waals surface area contributed by atoms with Gasteiger partial charge < -0.3 is 9.84 Å². The van der Waals surface area contributed by atoms with Gasteiger partial charge in [0.2, 0.25) is 0 Å². The lowest BCUT2D eigenvalue weighted by Crippen LogP contribution is -2.47. The maximum absolute atomic E-state index is 10.8. The van der Waals surface area contributed by atoms with E-state index < -0.39 is 11.9 Å². The van der Waals surface area contributed by atoms with Crippen molar-refractivity contribution in [1.29, 1.82) is 0 Å². The van der Waals surface area contributed by atoms with Gasteiger partial charge in [0.15, 0.2) is 0 Å². The van der Waals surface area contributed by atoms with E-state index in [-0.39, 0.29) is 0 Å². The molecule has 0 aromatic rings. The van der Waals surface area contributed by atoms with Crippen molar-refractivity contribution in [2.45, 2.75) is 19.3 Å². The Balaban J connectivity index is 4.33. The second-order valence-electron chi connectivity index (χ2n) is 2.62. The highest BCUT2D eigenvalue weighted by Gasteiger charge is 2.31. The Bertz CT molecular complexity index is 179. The minimum Gasteiger partial charge on any atom is -0.416 e. The van der Waals surface area contributed by atoms with Crippen LogP contribution in [0, 0.1) is 0 Å². The minimum absolute atomic E-state index is 0.305. The summed E-state index contributed by atoms with van der Waals surface area (Å²) in [5.74, 6) is -2.15. The third-order valence-electron chi connectivity index (χ3n) is 1.59. The Hall–Kier alpha value is -0.870. The first kappa shape index (κ1) is 11.1. The lowest BCUT2D eigenvalue weighted by Gasteiger charge is -2.31. The van der Waals surface area contributed by atoms with Gasteiger partial charge >= 0.3 is 5.97 Å². The van der Waals surface area contributed by atoms with E-state index in [0.717, 1.165) is 6.08 Å². The molecule has 0 heterocycles. The van der Waals surface area contributed by atoms with Crippen LogP contribution in [-0.4, -0.2) is 36.0 Å². The molecule has 0 spiro atoms. The van der Waals surface area contributed by atoms with Crippen molar-refractivity contribution < 1.29 is 14.6 Å². The molecule has 70 valence electrons. The number of ether oxygens (including phenoxy) is 1. The van der Waals surface area contributed by atoms with Gasteiger partial charge in [0.05, 0.1) is 0 Å². The smallest absolute Gasteiger partial charge is 0.333 e. The molecule has 4 heteroatoms. The zero-order valence-electron chi connectivity index (χ0n) is 7.70. The summed E-state index contributed by atoms with van der Waals surface area (Å²) in [6.45, 7) is 4.95. The van der Waals surface area contributed by atoms with Gasteiger partial charge in [0.25, 0.3) is 5.91 Å². The molecule has 0 saturated heterocycles. The summed E-state index contributed by atoms with van der Waals surface area (Å²) in [5.41, 5.74) is 0. The molecule has 1 N–H and O–H groups in total. The Morgan fingerprint density at radius 1 is 1.75 bits per heavy atom. The molecular weight excluding hydrogens is 158 g/mol. The van der Waals surface area contributed by atoms with Gasteiger partial charge in [-0.1, -0.05) is 13.5 Å². The first-order valence-corrected chi connectivity index (χ1v) is 3.71. The van der Waals surface area contributed by atoms with Crippen LogP contribution in [-0.2, 0) is 9.53 Å². The second kappa shape index (κ2) is 4.23. The Kier molecular flexibility index (Phi) is 3.92. The predicted molar refractivity (Wildman–Crippen MR) is 45.2 cm³/mol. The third kappa shape index (κ3) is 2.64. The van der Waals surface area contributed by atoms with Crippen LogP contribution in [0.15, 0.2) is 12.7 Å². The van der Waals surface area contributed by atoms with Gasteiger partial charge in [-0.15, -0.1) is 0 Å². The van der Waals surface area contributed by atoms with E-state index in [1.807, 2.05) is 0 Å². The van der Waals surface area contributed by atoms with Gasteiger partial charge in [-0.2, -0.15) is 0 Å². The summed E-state index contributed by atoms with van der Waals surface area (Å²) in [6, 6.07) is 0. The van der Waals surface area contributed by atoms with Crippen LogP contribution in [0.5, 0.6) is 0 Å². The SMILES string of the molecule is C=CC(=O)OC(O)(CC)N(C)C. The predicted octanol–water partition coefficient (Wildman–Crippen LogP) is 0.333. The molecule has 0 aromatic carbocycles. The van der Waals surface area contributed by atoms with E-state index in [1.165, 1.54) is 4.90 Å². The summed E-state index contributed by atoms with van der Waals surface area (Å²) in [7, 11) is 3.25. The van der Waals surface area contributed by atoms with E-state index in [4.69, 9.17) is 4.74 Å². The van der Waals surface area contributed by atoms with Crippen molar-refractivity contribution in [3.8, 4) is 0 Å². The first-order chi connectivity index (χ1) is 5.46. The van der Waals surface area contributed by atoms with Gasteiger partial charge in [-0.25, -0.2) is 9.69 Å². The normalized spacial score (nSPS) is 15.4. The van der Waals surface area contributed by atoms with E-state index in [1.54, 1.807) is 21.0 Å². The fourth-order valence-corrected chi connectivity index (χ4v) is 0.682. The fraction of sp³-hybridized carbons (Fsp3) is 0.625. The first-order valence-electron chi connectivity index (χ1n) is 3.71. The molecule has 0 saturated carbocycles. The molecule has 0 aliphatic rings. The fourth-order valence-electron chi connectivity index (χ4n) is 0.682. The Labute approximate surface area is 72.4 Å². The molecule has 0 amide bonds. The van der Waals surface area contributed by atoms with Gasteiger partial charge in [0, 0.05) is 12.5 Å².